The number of benzene rings is 1. The highest BCUT2D eigenvalue weighted by atomic mass is 16.2. The Labute approximate surface area is 132 Å². The molecule has 1 saturated heterocycles. The first-order valence-corrected chi connectivity index (χ1v) is 8.09. The van der Waals surface area contributed by atoms with E-state index in [2.05, 4.69) is 10.6 Å². The van der Waals surface area contributed by atoms with Gasteiger partial charge in [-0.3, -0.25) is 4.79 Å². The van der Waals surface area contributed by atoms with E-state index in [0.29, 0.717) is 19.5 Å². The van der Waals surface area contributed by atoms with Gasteiger partial charge < -0.3 is 15.5 Å². The molecule has 2 rings (SSSR count). The summed E-state index contributed by atoms with van der Waals surface area (Å²) >= 11 is 0. The van der Waals surface area contributed by atoms with Gasteiger partial charge in [0.05, 0.1) is 0 Å². The van der Waals surface area contributed by atoms with E-state index in [-0.39, 0.29) is 11.9 Å². The third-order valence-electron chi connectivity index (χ3n) is 3.86. The summed E-state index contributed by atoms with van der Waals surface area (Å²) in [5.41, 5.74) is 1.08. The van der Waals surface area contributed by atoms with E-state index in [0.717, 1.165) is 44.3 Å². The van der Waals surface area contributed by atoms with E-state index in [1.807, 2.05) is 35.2 Å². The highest BCUT2D eigenvalue weighted by Crippen LogP contribution is 2.11. The molecular formula is C17H25N3O2. The van der Waals surface area contributed by atoms with Gasteiger partial charge >= 0.3 is 6.03 Å². The molecule has 0 unspecified atom stereocenters. The molecule has 2 N–H and O–H groups in total. The van der Waals surface area contributed by atoms with Crippen LogP contribution in [0, 0.1) is 0 Å². The molecule has 0 atom stereocenters. The Morgan fingerprint density at radius 2 is 1.91 bits per heavy atom. The largest absolute Gasteiger partial charge is 0.343 e. The maximum absolute atomic E-state index is 11.8. The van der Waals surface area contributed by atoms with Crippen molar-refractivity contribution < 1.29 is 9.59 Å². The molecule has 1 heterocycles. The summed E-state index contributed by atoms with van der Waals surface area (Å²) < 4.78 is 0. The molecule has 1 aromatic carbocycles. The van der Waals surface area contributed by atoms with Crippen LogP contribution in [0.3, 0.4) is 0 Å². The lowest BCUT2D eigenvalue weighted by molar-refractivity contribution is -0.130. The molecule has 3 amide bonds. The Kier molecular flexibility index (Phi) is 6.74. The lowest BCUT2D eigenvalue weighted by atomic mass is 10.2. The average molecular weight is 303 g/mol. The molecule has 0 spiro atoms. The number of hydrogen-bond acceptors (Lipinski definition) is 2. The molecule has 1 aliphatic heterocycles. The first-order valence-electron chi connectivity index (χ1n) is 8.09. The van der Waals surface area contributed by atoms with E-state index >= 15 is 0 Å². The second-order valence-corrected chi connectivity index (χ2v) is 5.64. The van der Waals surface area contributed by atoms with E-state index in [1.165, 1.54) is 0 Å². The van der Waals surface area contributed by atoms with Crippen molar-refractivity contribution in [1.82, 2.24) is 15.5 Å². The average Bonchev–Trinajstić information content (AvgIpc) is 2.75. The van der Waals surface area contributed by atoms with Crippen LogP contribution in [0.15, 0.2) is 30.3 Å². The van der Waals surface area contributed by atoms with Gasteiger partial charge in [-0.2, -0.15) is 0 Å². The normalized spacial score (nSPS) is 15.3. The fraction of sp³-hybridized carbons (Fsp3) is 0.529. The fourth-order valence-corrected chi connectivity index (χ4v) is 2.59. The Morgan fingerprint density at radius 3 is 2.73 bits per heavy atom. The molecule has 5 nitrogen and oxygen atoms in total. The van der Waals surface area contributed by atoms with Gasteiger partial charge in [0.25, 0.3) is 0 Å². The maximum Gasteiger partial charge on any atom is 0.315 e. The standard InChI is InChI=1S/C17H25N3O2/c21-16-10-5-2-6-12-20(16)13-7-11-18-17(22)19-14-15-8-3-1-4-9-15/h1,3-4,8-9H,2,5-7,10-14H2,(H2,18,19,22). The number of carbonyl (C=O) groups excluding carboxylic acids is 2. The summed E-state index contributed by atoms with van der Waals surface area (Å²) in [6, 6.07) is 9.65. The van der Waals surface area contributed by atoms with Gasteiger partial charge in [-0.1, -0.05) is 36.8 Å². The van der Waals surface area contributed by atoms with Crippen molar-refractivity contribution in [3.8, 4) is 0 Å². The first kappa shape index (κ1) is 16.3. The van der Waals surface area contributed by atoms with E-state index in [9.17, 15) is 9.59 Å². The minimum atomic E-state index is -0.161. The van der Waals surface area contributed by atoms with Crippen molar-refractivity contribution in [2.24, 2.45) is 0 Å². The zero-order valence-corrected chi connectivity index (χ0v) is 13.0. The van der Waals surface area contributed by atoms with Gasteiger partial charge in [-0.25, -0.2) is 4.79 Å². The molecule has 0 aliphatic carbocycles. The van der Waals surface area contributed by atoms with Crippen LogP contribution in [0.4, 0.5) is 4.79 Å². The van der Waals surface area contributed by atoms with Crippen LogP contribution in [-0.4, -0.2) is 36.5 Å². The number of nitrogens with zero attached hydrogens (tertiary/aromatic N) is 1. The SMILES string of the molecule is O=C(NCCCN1CCCCCC1=O)NCc1ccccc1. The number of likely N-dealkylation sites (tertiary alicyclic amines) is 1. The van der Waals surface area contributed by atoms with Gasteiger partial charge in [0.2, 0.25) is 5.91 Å². The van der Waals surface area contributed by atoms with Gasteiger partial charge in [0.15, 0.2) is 0 Å². The van der Waals surface area contributed by atoms with Crippen LogP contribution in [0.2, 0.25) is 0 Å². The van der Waals surface area contributed by atoms with Gasteiger partial charge in [0.1, 0.15) is 0 Å². The minimum Gasteiger partial charge on any atom is -0.343 e. The molecule has 0 radical (unpaired) electrons. The lowest BCUT2D eigenvalue weighted by Gasteiger charge is -2.20. The molecule has 0 aromatic heterocycles. The zero-order valence-electron chi connectivity index (χ0n) is 13.0. The number of carbonyl (C=O) groups is 2. The van der Waals surface area contributed by atoms with Crippen molar-refractivity contribution in [3.05, 3.63) is 35.9 Å². The van der Waals surface area contributed by atoms with Crippen molar-refractivity contribution in [2.45, 2.75) is 38.6 Å². The molecule has 0 bridgehead atoms. The Morgan fingerprint density at radius 1 is 1.09 bits per heavy atom. The first-order chi connectivity index (χ1) is 10.8. The minimum absolute atomic E-state index is 0.161. The number of rotatable bonds is 6. The lowest BCUT2D eigenvalue weighted by Crippen LogP contribution is -2.37. The third-order valence-corrected chi connectivity index (χ3v) is 3.86. The number of amides is 3. The predicted molar refractivity (Wildman–Crippen MR) is 86.3 cm³/mol. The molecule has 0 saturated carbocycles. The van der Waals surface area contributed by atoms with Crippen molar-refractivity contribution >= 4 is 11.9 Å². The molecular weight excluding hydrogens is 278 g/mol. The van der Waals surface area contributed by atoms with E-state index in [4.69, 9.17) is 0 Å². The van der Waals surface area contributed by atoms with Crippen LogP contribution in [0.1, 0.15) is 37.7 Å². The van der Waals surface area contributed by atoms with Gasteiger partial charge in [-0.05, 0) is 24.8 Å². The highest BCUT2D eigenvalue weighted by Gasteiger charge is 2.15. The van der Waals surface area contributed by atoms with Crippen LogP contribution in [0.25, 0.3) is 0 Å². The Balaban J connectivity index is 1.57. The smallest absolute Gasteiger partial charge is 0.315 e. The second kappa shape index (κ2) is 9.07. The number of hydrogen-bond donors (Lipinski definition) is 2. The third kappa shape index (κ3) is 5.76. The maximum atomic E-state index is 11.8. The molecule has 1 aromatic rings. The molecule has 1 fully saturated rings. The summed E-state index contributed by atoms with van der Waals surface area (Å²) in [5.74, 6) is 0.256. The summed E-state index contributed by atoms with van der Waals surface area (Å²) in [7, 11) is 0. The van der Waals surface area contributed by atoms with E-state index in [1.54, 1.807) is 0 Å². The number of urea groups is 1. The van der Waals surface area contributed by atoms with Crippen LogP contribution < -0.4 is 10.6 Å². The topological polar surface area (TPSA) is 61.4 Å². The van der Waals surface area contributed by atoms with Crippen LogP contribution >= 0.6 is 0 Å². The monoisotopic (exact) mass is 303 g/mol. The zero-order chi connectivity index (χ0) is 15.6. The Hall–Kier alpha value is -2.04. The summed E-state index contributed by atoms with van der Waals surface area (Å²) in [5, 5.41) is 5.66. The van der Waals surface area contributed by atoms with Gasteiger partial charge in [-0.15, -0.1) is 0 Å². The Bertz CT molecular complexity index is 476. The fourth-order valence-electron chi connectivity index (χ4n) is 2.59. The quantitative estimate of drug-likeness (QED) is 0.792. The summed E-state index contributed by atoms with van der Waals surface area (Å²) in [6.07, 6.45) is 4.71. The van der Waals surface area contributed by atoms with Crippen LogP contribution in [-0.2, 0) is 11.3 Å². The van der Waals surface area contributed by atoms with Gasteiger partial charge in [0, 0.05) is 32.6 Å². The second-order valence-electron chi connectivity index (χ2n) is 5.64. The molecule has 22 heavy (non-hydrogen) atoms. The van der Waals surface area contributed by atoms with Crippen molar-refractivity contribution in [2.75, 3.05) is 19.6 Å². The van der Waals surface area contributed by atoms with Crippen molar-refractivity contribution in [3.63, 3.8) is 0 Å². The molecule has 1 aliphatic rings. The number of nitrogens with one attached hydrogen (secondary N) is 2. The molecule has 5 heteroatoms. The van der Waals surface area contributed by atoms with E-state index < -0.39 is 0 Å². The summed E-state index contributed by atoms with van der Waals surface area (Å²) in [4.78, 5) is 25.4. The predicted octanol–water partition coefficient (Wildman–Crippen LogP) is 2.28. The van der Waals surface area contributed by atoms with Crippen molar-refractivity contribution in [1.29, 1.82) is 0 Å². The van der Waals surface area contributed by atoms with Crippen LogP contribution in [0.5, 0.6) is 0 Å². The molecule has 120 valence electrons. The highest BCUT2D eigenvalue weighted by molar-refractivity contribution is 5.76. The summed E-state index contributed by atoms with van der Waals surface area (Å²) in [6.45, 7) is 2.71.